The normalized spacial score (nSPS) is 16.8. The van der Waals surface area contributed by atoms with Crippen LogP contribution in [-0.4, -0.2) is 25.5 Å². The van der Waals surface area contributed by atoms with Crippen molar-refractivity contribution < 1.29 is 4.79 Å². The van der Waals surface area contributed by atoms with Gasteiger partial charge in [-0.05, 0) is 43.5 Å². The lowest BCUT2D eigenvalue weighted by atomic mass is 9.75. The molecule has 0 atom stereocenters. The van der Waals surface area contributed by atoms with Crippen LogP contribution >= 0.6 is 0 Å². The molecular formula is C14H21N3O. The minimum atomic E-state index is -0.256. The number of amides is 1. The highest BCUT2D eigenvalue weighted by Crippen LogP contribution is 2.32. The predicted octanol–water partition coefficient (Wildman–Crippen LogP) is 1.96. The van der Waals surface area contributed by atoms with Gasteiger partial charge in [-0.1, -0.05) is 0 Å². The van der Waals surface area contributed by atoms with Crippen molar-refractivity contribution in [2.45, 2.75) is 31.2 Å². The van der Waals surface area contributed by atoms with E-state index in [1.807, 2.05) is 43.3 Å². The third-order valence-electron chi connectivity index (χ3n) is 3.53. The number of nitrogens with two attached hydrogens (primary N) is 1. The molecule has 3 N–H and O–H groups in total. The number of benzene rings is 1. The van der Waals surface area contributed by atoms with Gasteiger partial charge in [0.05, 0.1) is 0 Å². The second kappa shape index (κ2) is 4.98. The second-order valence-corrected chi connectivity index (χ2v) is 5.38. The molecule has 1 aliphatic carbocycles. The maximum Gasteiger partial charge on any atom is 0.226 e. The van der Waals surface area contributed by atoms with Crippen molar-refractivity contribution in [3.63, 3.8) is 0 Å². The summed E-state index contributed by atoms with van der Waals surface area (Å²) in [6.45, 7) is 0. The standard InChI is InChI=1S/C14H21N3O/c1-17(2)12-6-4-11(5-7-12)16-13(18)10-14(15)8-3-9-14/h4-7H,3,8-10,15H2,1-2H3,(H,16,18). The molecule has 0 bridgehead atoms. The van der Waals surface area contributed by atoms with Gasteiger partial charge in [0.2, 0.25) is 5.91 Å². The Bertz CT molecular complexity index is 421. The van der Waals surface area contributed by atoms with Gasteiger partial charge in [0.1, 0.15) is 0 Å². The van der Waals surface area contributed by atoms with Crippen LogP contribution in [0.3, 0.4) is 0 Å². The molecule has 0 spiro atoms. The topological polar surface area (TPSA) is 58.4 Å². The van der Waals surface area contributed by atoms with Gasteiger partial charge in [-0.3, -0.25) is 4.79 Å². The molecule has 1 fully saturated rings. The van der Waals surface area contributed by atoms with E-state index in [0.29, 0.717) is 6.42 Å². The Balaban J connectivity index is 1.90. The largest absolute Gasteiger partial charge is 0.378 e. The monoisotopic (exact) mass is 247 g/mol. The number of carbonyl (C=O) groups is 1. The minimum Gasteiger partial charge on any atom is -0.378 e. The molecule has 1 amide bonds. The van der Waals surface area contributed by atoms with E-state index < -0.39 is 0 Å². The molecule has 0 aliphatic heterocycles. The highest BCUT2D eigenvalue weighted by atomic mass is 16.1. The average molecular weight is 247 g/mol. The molecule has 0 aromatic heterocycles. The molecule has 1 aromatic rings. The summed E-state index contributed by atoms with van der Waals surface area (Å²) >= 11 is 0. The summed E-state index contributed by atoms with van der Waals surface area (Å²) in [5.41, 5.74) is 7.74. The molecule has 1 aliphatic rings. The number of nitrogens with zero attached hydrogens (tertiary/aromatic N) is 1. The van der Waals surface area contributed by atoms with Gasteiger partial charge in [0.25, 0.3) is 0 Å². The summed E-state index contributed by atoms with van der Waals surface area (Å²) < 4.78 is 0. The fourth-order valence-electron chi connectivity index (χ4n) is 2.18. The smallest absolute Gasteiger partial charge is 0.226 e. The maximum absolute atomic E-state index is 11.8. The van der Waals surface area contributed by atoms with Crippen molar-refractivity contribution in [3.05, 3.63) is 24.3 Å². The zero-order valence-corrected chi connectivity index (χ0v) is 11.1. The van der Waals surface area contributed by atoms with Crippen molar-refractivity contribution in [2.24, 2.45) is 5.73 Å². The first-order valence-corrected chi connectivity index (χ1v) is 6.35. The molecule has 0 unspecified atom stereocenters. The highest BCUT2D eigenvalue weighted by molar-refractivity contribution is 5.91. The first-order valence-electron chi connectivity index (χ1n) is 6.35. The van der Waals surface area contributed by atoms with Gasteiger partial charge < -0.3 is 16.0 Å². The third kappa shape index (κ3) is 3.01. The van der Waals surface area contributed by atoms with Crippen molar-refractivity contribution in [1.82, 2.24) is 0 Å². The van der Waals surface area contributed by atoms with E-state index in [9.17, 15) is 4.79 Å². The SMILES string of the molecule is CN(C)c1ccc(NC(=O)CC2(N)CCC2)cc1. The zero-order valence-electron chi connectivity index (χ0n) is 11.1. The molecule has 18 heavy (non-hydrogen) atoms. The molecule has 0 saturated heterocycles. The van der Waals surface area contributed by atoms with Crippen LogP contribution in [0.25, 0.3) is 0 Å². The van der Waals surface area contributed by atoms with Gasteiger partial charge in [-0.2, -0.15) is 0 Å². The van der Waals surface area contributed by atoms with Crippen LogP contribution in [0.4, 0.5) is 11.4 Å². The quantitative estimate of drug-likeness (QED) is 0.855. The summed E-state index contributed by atoms with van der Waals surface area (Å²) in [7, 11) is 3.98. The third-order valence-corrected chi connectivity index (χ3v) is 3.53. The van der Waals surface area contributed by atoms with E-state index in [1.165, 1.54) is 0 Å². The lowest BCUT2D eigenvalue weighted by molar-refractivity contribution is -0.118. The summed E-state index contributed by atoms with van der Waals surface area (Å²) in [4.78, 5) is 13.9. The van der Waals surface area contributed by atoms with E-state index in [2.05, 4.69) is 5.32 Å². The molecule has 0 radical (unpaired) electrons. The molecule has 4 heteroatoms. The Morgan fingerprint density at radius 3 is 2.39 bits per heavy atom. The maximum atomic E-state index is 11.8. The number of rotatable bonds is 4. The minimum absolute atomic E-state index is 0.00908. The number of hydrogen-bond donors (Lipinski definition) is 2. The van der Waals surface area contributed by atoms with Gasteiger partial charge >= 0.3 is 0 Å². The van der Waals surface area contributed by atoms with Crippen molar-refractivity contribution in [2.75, 3.05) is 24.3 Å². The Labute approximate surface area is 108 Å². The van der Waals surface area contributed by atoms with Crippen molar-refractivity contribution >= 4 is 17.3 Å². The fraction of sp³-hybridized carbons (Fsp3) is 0.500. The molecule has 98 valence electrons. The number of carbonyl (C=O) groups excluding carboxylic acids is 1. The predicted molar refractivity (Wildman–Crippen MR) is 74.8 cm³/mol. The van der Waals surface area contributed by atoms with E-state index in [4.69, 9.17) is 5.73 Å². The molecule has 2 rings (SSSR count). The fourth-order valence-corrected chi connectivity index (χ4v) is 2.18. The molecule has 0 heterocycles. The van der Waals surface area contributed by atoms with Gasteiger partial charge in [-0.25, -0.2) is 0 Å². The average Bonchev–Trinajstić information content (AvgIpc) is 2.27. The zero-order chi connectivity index (χ0) is 13.2. The summed E-state index contributed by atoms with van der Waals surface area (Å²) in [5, 5.41) is 2.89. The number of hydrogen-bond acceptors (Lipinski definition) is 3. The van der Waals surface area contributed by atoms with Gasteiger partial charge in [0, 0.05) is 37.4 Å². The summed E-state index contributed by atoms with van der Waals surface area (Å²) in [5.74, 6) is 0.00908. The van der Waals surface area contributed by atoms with Crippen LogP contribution < -0.4 is 16.0 Å². The van der Waals surface area contributed by atoms with Crippen molar-refractivity contribution in [1.29, 1.82) is 0 Å². The Hall–Kier alpha value is -1.55. The lowest BCUT2D eigenvalue weighted by Gasteiger charge is -2.37. The van der Waals surface area contributed by atoms with E-state index in [-0.39, 0.29) is 11.4 Å². The highest BCUT2D eigenvalue weighted by Gasteiger charge is 2.34. The van der Waals surface area contributed by atoms with Gasteiger partial charge in [-0.15, -0.1) is 0 Å². The van der Waals surface area contributed by atoms with Crippen LogP contribution in [0, 0.1) is 0 Å². The molecule has 4 nitrogen and oxygen atoms in total. The number of nitrogens with one attached hydrogen (secondary N) is 1. The van der Waals surface area contributed by atoms with Crippen LogP contribution in [0.15, 0.2) is 24.3 Å². The van der Waals surface area contributed by atoms with Crippen LogP contribution in [0.5, 0.6) is 0 Å². The van der Waals surface area contributed by atoms with E-state index >= 15 is 0 Å². The van der Waals surface area contributed by atoms with Gasteiger partial charge in [0.15, 0.2) is 0 Å². The second-order valence-electron chi connectivity index (χ2n) is 5.38. The lowest BCUT2D eigenvalue weighted by Crippen LogP contribution is -2.48. The number of anilines is 2. The Kier molecular flexibility index (Phi) is 3.57. The van der Waals surface area contributed by atoms with Crippen LogP contribution in [0.2, 0.25) is 0 Å². The van der Waals surface area contributed by atoms with Crippen LogP contribution in [0.1, 0.15) is 25.7 Å². The first-order chi connectivity index (χ1) is 8.48. The Morgan fingerprint density at radius 2 is 1.94 bits per heavy atom. The summed E-state index contributed by atoms with van der Waals surface area (Å²) in [6.07, 6.45) is 3.48. The molecule has 1 saturated carbocycles. The summed E-state index contributed by atoms with van der Waals surface area (Å²) in [6, 6.07) is 7.79. The molecule has 1 aromatic carbocycles. The molecular weight excluding hydrogens is 226 g/mol. The Morgan fingerprint density at radius 1 is 1.33 bits per heavy atom. The van der Waals surface area contributed by atoms with Crippen molar-refractivity contribution in [3.8, 4) is 0 Å². The van der Waals surface area contributed by atoms with Crippen LogP contribution in [-0.2, 0) is 4.79 Å². The first kappa shape index (κ1) is 12.9. The van der Waals surface area contributed by atoms with E-state index in [1.54, 1.807) is 0 Å². The van der Waals surface area contributed by atoms with E-state index in [0.717, 1.165) is 30.6 Å².